The molecule has 2 aromatic rings. The van der Waals surface area contributed by atoms with Crippen molar-refractivity contribution in [1.29, 1.82) is 0 Å². The van der Waals surface area contributed by atoms with Crippen LogP contribution < -0.4 is 5.32 Å². The van der Waals surface area contributed by atoms with Gasteiger partial charge in [0.1, 0.15) is 0 Å². The standard InChI is InChI=1S/C13H17BrN4/c1-3-10-7-11(14)5-6-13(10)18-9-12(16-17-18)8-15-4-2/h5-7,9,15H,3-4,8H2,1-2H3. The van der Waals surface area contributed by atoms with Crippen molar-refractivity contribution in [3.05, 3.63) is 40.1 Å². The molecule has 1 N–H and O–H groups in total. The minimum Gasteiger partial charge on any atom is -0.311 e. The summed E-state index contributed by atoms with van der Waals surface area (Å²) in [6, 6.07) is 6.22. The third-order valence-corrected chi connectivity index (χ3v) is 3.26. The number of aromatic nitrogens is 3. The van der Waals surface area contributed by atoms with E-state index in [-0.39, 0.29) is 0 Å². The first kappa shape index (κ1) is 13.2. The second kappa shape index (κ2) is 6.11. The maximum atomic E-state index is 4.19. The summed E-state index contributed by atoms with van der Waals surface area (Å²) in [7, 11) is 0. The van der Waals surface area contributed by atoms with Gasteiger partial charge in [0.05, 0.1) is 17.6 Å². The highest BCUT2D eigenvalue weighted by Crippen LogP contribution is 2.20. The van der Waals surface area contributed by atoms with E-state index in [0.29, 0.717) is 0 Å². The number of benzene rings is 1. The molecule has 4 nitrogen and oxygen atoms in total. The molecule has 0 unspecified atom stereocenters. The van der Waals surface area contributed by atoms with E-state index in [1.54, 1.807) is 0 Å². The molecule has 0 saturated carbocycles. The lowest BCUT2D eigenvalue weighted by Crippen LogP contribution is -2.11. The minimum atomic E-state index is 0.758. The molecule has 0 atom stereocenters. The van der Waals surface area contributed by atoms with Crippen LogP contribution in [0.3, 0.4) is 0 Å². The number of nitrogens with zero attached hydrogens (tertiary/aromatic N) is 3. The third-order valence-electron chi connectivity index (χ3n) is 2.77. The Morgan fingerprint density at radius 3 is 2.89 bits per heavy atom. The number of aryl methyl sites for hydroxylation is 1. The molecule has 1 aromatic carbocycles. The normalized spacial score (nSPS) is 10.8. The van der Waals surface area contributed by atoms with Crippen molar-refractivity contribution in [3.63, 3.8) is 0 Å². The highest BCUT2D eigenvalue weighted by Gasteiger charge is 2.07. The smallest absolute Gasteiger partial charge is 0.0969 e. The Morgan fingerprint density at radius 2 is 2.17 bits per heavy atom. The molecular formula is C13H17BrN4. The lowest BCUT2D eigenvalue weighted by molar-refractivity contribution is 0.705. The van der Waals surface area contributed by atoms with Gasteiger partial charge in [-0.05, 0) is 36.7 Å². The lowest BCUT2D eigenvalue weighted by Gasteiger charge is -2.07. The molecule has 0 spiro atoms. The SMILES string of the molecule is CCNCc1cn(-c2ccc(Br)cc2CC)nn1. The highest BCUT2D eigenvalue weighted by atomic mass is 79.9. The molecule has 18 heavy (non-hydrogen) atoms. The Hall–Kier alpha value is -1.20. The Kier molecular flexibility index (Phi) is 4.49. The molecule has 0 aliphatic rings. The maximum absolute atomic E-state index is 4.19. The Bertz CT molecular complexity index is 521. The number of nitrogens with one attached hydrogen (secondary N) is 1. The molecular weight excluding hydrogens is 292 g/mol. The molecule has 1 heterocycles. The zero-order chi connectivity index (χ0) is 13.0. The number of rotatable bonds is 5. The number of hydrogen-bond donors (Lipinski definition) is 1. The molecule has 0 bridgehead atoms. The fraction of sp³-hybridized carbons (Fsp3) is 0.385. The first-order valence-corrected chi connectivity index (χ1v) is 6.94. The van der Waals surface area contributed by atoms with Crippen LogP contribution in [0.25, 0.3) is 5.69 Å². The van der Waals surface area contributed by atoms with E-state index < -0.39 is 0 Å². The summed E-state index contributed by atoms with van der Waals surface area (Å²) in [6.07, 6.45) is 2.95. The molecule has 0 saturated heterocycles. The maximum Gasteiger partial charge on any atom is 0.0969 e. The largest absolute Gasteiger partial charge is 0.311 e. The van der Waals surface area contributed by atoms with Crippen molar-refractivity contribution < 1.29 is 0 Å². The van der Waals surface area contributed by atoms with Crippen LogP contribution in [0.15, 0.2) is 28.9 Å². The van der Waals surface area contributed by atoms with Crippen molar-refractivity contribution in [2.24, 2.45) is 0 Å². The Morgan fingerprint density at radius 1 is 1.33 bits per heavy atom. The van der Waals surface area contributed by atoms with Gasteiger partial charge in [-0.2, -0.15) is 0 Å². The lowest BCUT2D eigenvalue weighted by atomic mass is 10.1. The van der Waals surface area contributed by atoms with Crippen molar-refractivity contribution in [2.45, 2.75) is 26.8 Å². The zero-order valence-corrected chi connectivity index (χ0v) is 12.2. The van der Waals surface area contributed by atoms with Gasteiger partial charge in [0.2, 0.25) is 0 Å². The molecule has 5 heteroatoms. The molecule has 0 fully saturated rings. The van der Waals surface area contributed by atoms with E-state index in [1.165, 1.54) is 5.56 Å². The molecule has 0 radical (unpaired) electrons. The van der Waals surface area contributed by atoms with Crippen molar-refractivity contribution >= 4 is 15.9 Å². The molecule has 1 aromatic heterocycles. The van der Waals surface area contributed by atoms with Gasteiger partial charge in [0, 0.05) is 11.0 Å². The van der Waals surface area contributed by atoms with Gasteiger partial charge in [-0.3, -0.25) is 0 Å². The van der Waals surface area contributed by atoms with Crippen LogP contribution in [0.4, 0.5) is 0 Å². The van der Waals surface area contributed by atoms with Crippen molar-refractivity contribution in [2.75, 3.05) is 6.54 Å². The first-order valence-electron chi connectivity index (χ1n) is 6.15. The topological polar surface area (TPSA) is 42.7 Å². The van der Waals surface area contributed by atoms with Gasteiger partial charge < -0.3 is 5.32 Å². The molecule has 0 amide bonds. The monoisotopic (exact) mass is 308 g/mol. The van der Waals surface area contributed by atoms with Gasteiger partial charge in [0.15, 0.2) is 0 Å². The van der Waals surface area contributed by atoms with Crippen LogP contribution in [0.1, 0.15) is 25.1 Å². The number of hydrogen-bond acceptors (Lipinski definition) is 3. The fourth-order valence-corrected chi connectivity index (χ4v) is 2.22. The van der Waals surface area contributed by atoms with Gasteiger partial charge in [0.25, 0.3) is 0 Å². The van der Waals surface area contributed by atoms with Crippen LogP contribution in [-0.4, -0.2) is 21.5 Å². The number of halogens is 1. The predicted octanol–water partition coefficient (Wildman–Crippen LogP) is 2.70. The van der Waals surface area contributed by atoms with Crippen molar-refractivity contribution in [1.82, 2.24) is 20.3 Å². The van der Waals surface area contributed by atoms with Gasteiger partial charge in [-0.15, -0.1) is 5.10 Å². The predicted molar refractivity (Wildman–Crippen MR) is 75.8 cm³/mol. The summed E-state index contributed by atoms with van der Waals surface area (Å²) in [5, 5.41) is 11.6. The van der Waals surface area contributed by atoms with E-state index in [1.807, 2.05) is 16.9 Å². The molecule has 0 aliphatic carbocycles. The van der Waals surface area contributed by atoms with Crippen LogP contribution in [0.5, 0.6) is 0 Å². The summed E-state index contributed by atoms with van der Waals surface area (Å²) in [5.74, 6) is 0. The molecule has 2 rings (SSSR count). The van der Waals surface area contributed by atoms with E-state index in [0.717, 1.165) is 35.4 Å². The van der Waals surface area contributed by atoms with Gasteiger partial charge in [-0.1, -0.05) is 35.0 Å². The average Bonchev–Trinajstić information content (AvgIpc) is 2.84. The summed E-state index contributed by atoms with van der Waals surface area (Å²) in [5.41, 5.74) is 3.31. The van der Waals surface area contributed by atoms with E-state index >= 15 is 0 Å². The van der Waals surface area contributed by atoms with Crippen LogP contribution in [-0.2, 0) is 13.0 Å². The van der Waals surface area contributed by atoms with E-state index in [2.05, 4.69) is 57.5 Å². The van der Waals surface area contributed by atoms with Gasteiger partial charge in [-0.25, -0.2) is 4.68 Å². The summed E-state index contributed by atoms with van der Waals surface area (Å²) in [6.45, 7) is 5.91. The van der Waals surface area contributed by atoms with E-state index in [9.17, 15) is 0 Å². The minimum absolute atomic E-state index is 0.758. The highest BCUT2D eigenvalue weighted by molar-refractivity contribution is 9.10. The quantitative estimate of drug-likeness (QED) is 0.923. The fourth-order valence-electron chi connectivity index (χ4n) is 1.81. The molecule has 0 aliphatic heterocycles. The third kappa shape index (κ3) is 2.97. The summed E-state index contributed by atoms with van der Waals surface area (Å²) < 4.78 is 2.94. The van der Waals surface area contributed by atoms with Crippen molar-refractivity contribution in [3.8, 4) is 5.69 Å². The van der Waals surface area contributed by atoms with E-state index in [4.69, 9.17) is 0 Å². The second-order valence-corrected chi connectivity index (χ2v) is 4.98. The van der Waals surface area contributed by atoms with Crippen LogP contribution >= 0.6 is 15.9 Å². The Labute approximate surface area is 116 Å². The van der Waals surface area contributed by atoms with Crippen LogP contribution in [0.2, 0.25) is 0 Å². The summed E-state index contributed by atoms with van der Waals surface area (Å²) >= 11 is 3.49. The second-order valence-electron chi connectivity index (χ2n) is 4.06. The zero-order valence-electron chi connectivity index (χ0n) is 10.7. The van der Waals surface area contributed by atoms with Gasteiger partial charge >= 0.3 is 0 Å². The summed E-state index contributed by atoms with van der Waals surface area (Å²) in [4.78, 5) is 0. The Balaban J connectivity index is 2.28. The average molecular weight is 309 g/mol. The van der Waals surface area contributed by atoms with Crippen LogP contribution in [0, 0.1) is 0 Å². The first-order chi connectivity index (χ1) is 8.74. The molecule has 96 valence electrons.